The van der Waals surface area contributed by atoms with Crippen LogP contribution < -0.4 is 10.6 Å². The molecule has 0 bridgehead atoms. The van der Waals surface area contributed by atoms with Gasteiger partial charge in [0.1, 0.15) is 12.1 Å². The summed E-state index contributed by atoms with van der Waals surface area (Å²) in [6.45, 7) is 0. The Morgan fingerprint density at radius 2 is 1.93 bits per heavy atom. The van der Waals surface area contributed by atoms with Gasteiger partial charge in [0.25, 0.3) is 5.91 Å². The van der Waals surface area contributed by atoms with E-state index in [0.29, 0.717) is 28.8 Å². The van der Waals surface area contributed by atoms with Gasteiger partial charge in [-0.25, -0.2) is 13.9 Å². The van der Waals surface area contributed by atoms with Crippen molar-refractivity contribution in [1.29, 1.82) is 0 Å². The molecule has 2 aromatic carbocycles. The number of hydrogen-bond donors (Lipinski definition) is 2. The Hall–Kier alpha value is -3.99. The fourth-order valence-electron chi connectivity index (χ4n) is 5.62. The van der Waals surface area contributed by atoms with Gasteiger partial charge in [0.15, 0.2) is 5.65 Å². The minimum atomic E-state index is -4.38. The molecule has 12 heteroatoms. The lowest BCUT2D eigenvalue weighted by Gasteiger charge is -2.30. The van der Waals surface area contributed by atoms with E-state index in [1.807, 2.05) is 0 Å². The van der Waals surface area contributed by atoms with Crippen LogP contribution in [-0.2, 0) is 4.79 Å². The van der Waals surface area contributed by atoms with E-state index in [1.165, 1.54) is 24.5 Å². The topological polar surface area (TPSA) is 88.4 Å². The van der Waals surface area contributed by atoms with Crippen molar-refractivity contribution in [3.63, 3.8) is 0 Å². The van der Waals surface area contributed by atoms with E-state index in [-0.39, 0.29) is 41.1 Å². The number of alkyl halides is 3. The van der Waals surface area contributed by atoms with Crippen molar-refractivity contribution in [3.05, 3.63) is 82.5 Å². The van der Waals surface area contributed by atoms with Gasteiger partial charge in [0.2, 0.25) is 5.91 Å². The Balaban J connectivity index is 1.44. The molecule has 40 heavy (non-hydrogen) atoms. The number of amides is 2. The highest BCUT2D eigenvalue weighted by Crippen LogP contribution is 2.43. The summed E-state index contributed by atoms with van der Waals surface area (Å²) in [5.41, 5.74) is 2.93. The molecule has 1 fully saturated rings. The molecule has 3 heterocycles. The van der Waals surface area contributed by atoms with Gasteiger partial charge in [-0.2, -0.15) is 18.3 Å². The normalized spacial score (nSPS) is 20.8. The molecule has 1 saturated carbocycles. The molecule has 2 amide bonds. The summed E-state index contributed by atoms with van der Waals surface area (Å²) in [4.78, 5) is 30.7. The van der Waals surface area contributed by atoms with Crippen LogP contribution in [0.3, 0.4) is 0 Å². The Bertz CT molecular complexity index is 1650. The van der Waals surface area contributed by atoms with Gasteiger partial charge >= 0.3 is 6.18 Å². The second-order valence-corrected chi connectivity index (χ2v) is 10.5. The van der Waals surface area contributed by atoms with E-state index >= 15 is 0 Å². The lowest BCUT2D eigenvalue weighted by atomic mass is 9.80. The summed E-state index contributed by atoms with van der Waals surface area (Å²) in [6, 6.07) is 9.69. The summed E-state index contributed by atoms with van der Waals surface area (Å²) < 4.78 is 56.1. The number of aromatic nitrogens is 3. The molecule has 206 valence electrons. The first kappa shape index (κ1) is 26.2. The molecule has 1 aliphatic heterocycles. The van der Waals surface area contributed by atoms with E-state index in [9.17, 15) is 27.2 Å². The Morgan fingerprint density at radius 3 is 2.73 bits per heavy atom. The predicted octanol–water partition coefficient (Wildman–Crippen LogP) is 6.33. The van der Waals surface area contributed by atoms with Crippen LogP contribution in [0, 0.1) is 17.7 Å². The number of nitrogens with one attached hydrogen (secondary N) is 2. The van der Waals surface area contributed by atoms with E-state index in [2.05, 4.69) is 20.7 Å². The minimum Gasteiger partial charge on any atom is -0.341 e. The molecule has 2 aliphatic rings. The van der Waals surface area contributed by atoms with E-state index in [0.717, 1.165) is 0 Å². The number of carbonyl (C=O) groups is 2. The van der Waals surface area contributed by atoms with Crippen molar-refractivity contribution in [2.45, 2.75) is 37.9 Å². The first-order chi connectivity index (χ1) is 19.1. The van der Waals surface area contributed by atoms with Crippen molar-refractivity contribution in [3.8, 4) is 11.1 Å². The molecule has 0 saturated heterocycles. The number of anilines is 1. The molecular weight excluding hydrogens is 550 g/mol. The molecule has 4 aromatic rings. The van der Waals surface area contributed by atoms with E-state index in [1.54, 1.807) is 35.0 Å². The van der Waals surface area contributed by atoms with Crippen molar-refractivity contribution >= 4 is 34.7 Å². The average molecular weight is 572 g/mol. The van der Waals surface area contributed by atoms with Crippen LogP contribution in [0.2, 0.25) is 5.02 Å². The number of rotatable bonds is 4. The standard InChI is InChI=1S/C28H22ClF4N5O2/c29-21-6-5-18(30)11-19(21)25-24-20(27(40)37-25)9-16(15-4-7-23-34-13-35-38(23)12-15)10-22(24)36-26(39)14-2-1-3-17(8-14)28(31,32)33/h4-7,9-14,17,25H,1-3,8H2,(H,36,39)(H,37,40)/t14-,17-,25+/m0/s1. The predicted molar refractivity (Wildman–Crippen MR) is 139 cm³/mol. The molecule has 0 radical (unpaired) electrons. The van der Waals surface area contributed by atoms with Crippen molar-refractivity contribution in [1.82, 2.24) is 19.9 Å². The summed E-state index contributed by atoms with van der Waals surface area (Å²) in [6.07, 6.45) is -1.00. The molecule has 2 N–H and O–H groups in total. The SMILES string of the molecule is O=C1N[C@H](c2cc(F)ccc2Cl)c2c(NC(=O)[C@H]3CCC[C@H](C(F)(F)F)C3)cc(-c3ccc4ncnn4c3)cc21. The van der Waals surface area contributed by atoms with Crippen LogP contribution in [0.1, 0.15) is 53.2 Å². The van der Waals surface area contributed by atoms with Crippen LogP contribution in [0.5, 0.6) is 0 Å². The third-order valence-corrected chi connectivity index (χ3v) is 7.98. The number of hydrogen-bond acceptors (Lipinski definition) is 4. The lowest BCUT2D eigenvalue weighted by molar-refractivity contribution is -0.185. The van der Waals surface area contributed by atoms with Gasteiger partial charge in [-0.3, -0.25) is 9.59 Å². The molecule has 3 atom stereocenters. The summed E-state index contributed by atoms with van der Waals surface area (Å²) >= 11 is 6.37. The highest BCUT2D eigenvalue weighted by Gasteiger charge is 2.44. The Kier molecular flexibility index (Phi) is 6.48. The van der Waals surface area contributed by atoms with Gasteiger partial charge in [-0.1, -0.05) is 18.0 Å². The highest BCUT2D eigenvalue weighted by atomic mass is 35.5. The maximum absolute atomic E-state index is 14.2. The van der Waals surface area contributed by atoms with Crippen molar-refractivity contribution in [2.75, 3.05) is 5.32 Å². The summed E-state index contributed by atoms with van der Waals surface area (Å²) in [5.74, 6) is -4.00. The smallest absolute Gasteiger partial charge is 0.341 e. The molecular formula is C28H22ClF4N5O2. The van der Waals surface area contributed by atoms with Crippen molar-refractivity contribution < 1.29 is 27.2 Å². The first-order valence-electron chi connectivity index (χ1n) is 12.7. The van der Waals surface area contributed by atoms with Gasteiger partial charge in [0.05, 0.1) is 12.0 Å². The second-order valence-electron chi connectivity index (χ2n) is 10.1. The zero-order valence-corrected chi connectivity index (χ0v) is 21.6. The highest BCUT2D eigenvalue weighted by molar-refractivity contribution is 6.31. The molecule has 0 unspecified atom stereocenters. The van der Waals surface area contributed by atoms with Crippen LogP contribution in [0.15, 0.2) is 55.0 Å². The first-order valence-corrected chi connectivity index (χ1v) is 13.1. The third-order valence-electron chi connectivity index (χ3n) is 7.63. The zero-order chi connectivity index (χ0) is 28.2. The van der Waals surface area contributed by atoms with Crippen LogP contribution in [0.4, 0.5) is 23.2 Å². The number of benzene rings is 2. The van der Waals surface area contributed by atoms with Gasteiger partial charge < -0.3 is 10.6 Å². The van der Waals surface area contributed by atoms with Crippen molar-refractivity contribution in [2.24, 2.45) is 11.8 Å². The number of halogens is 5. The van der Waals surface area contributed by atoms with Crippen LogP contribution >= 0.6 is 11.6 Å². The number of fused-ring (bicyclic) bond motifs is 2. The second kappa shape index (κ2) is 9.88. The number of pyridine rings is 1. The summed E-state index contributed by atoms with van der Waals surface area (Å²) in [5, 5.41) is 9.96. The van der Waals surface area contributed by atoms with Gasteiger partial charge in [-0.05, 0) is 67.3 Å². The maximum Gasteiger partial charge on any atom is 0.391 e. The molecule has 6 rings (SSSR count). The molecule has 2 aromatic heterocycles. The van der Waals surface area contributed by atoms with E-state index in [4.69, 9.17) is 11.6 Å². The maximum atomic E-state index is 14.2. The number of nitrogens with zero attached hydrogens (tertiary/aromatic N) is 3. The quantitative estimate of drug-likeness (QED) is 0.280. The minimum absolute atomic E-state index is 0.0124. The summed E-state index contributed by atoms with van der Waals surface area (Å²) in [7, 11) is 0. The van der Waals surface area contributed by atoms with Gasteiger partial charge in [0, 0.05) is 45.1 Å². The molecule has 1 aliphatic carbocycles. The fourth-order valence-corrected chi connectivity index (χ4v) is 5.85. The lowest BCUT2D eigenvalue weighted by Crippen LogP contribution is -2.34. The van der Waals surface area contributed by atoms with Crippen LogP contribution in [-0.4, -0.2) is 32.6 Å². The fraction of sp³-hybridized carbons (Fsp3) is 0.286. The average Bonchev–Trinajstić information content (AvgIpc) is 3.53. The number of carbonyl (C=O) groups excluding carboxylic acids is 2. The molecule has 7 nitrogen and oxygen atoms in total. The largest absolute Gasteiger partial charge is 0.391 e. The zero-order valence-electron chi connectivity index (χ0n) is 20.8. The Labute approximate surface area is 230 Å². The Morgan fingerprint density at radius 1 is 1.10 bits per heavy atom. The van der Waals surface area contributed by atoms with Crippen LogP contribution in [0.25, 0.3) is 16.8 Å². The monoisotopic (exact) mass is 571 g/mol. The van der Waals surface area contributed by atoms with E-state index < -0.39 is 41.7 Å². The third kappa shape index (κ3) is 4.78. The van der Waals surface area contributed by atoms with Gasteiger partial charge in [-0.15, -0.1) is 0 Å². The molecule has 0 spiro atoms.